The molecule has 0 saturated carbocycles. The average molecular weight is 387 g/mol. The zero-order chi connectivity index (χ0) is 18.8. The van der Waals surface area contributed by atoms with Crippen LogP contribution in [-0.2, 0) is 4.74 Å². The molecule has 4 nitrogen and oxygen atoms in total. The van der Waals surface area contributed by atoms with E-state index in [0.717, 1.165) is 24.9 Å². The van der Waals surface area contributed by atoms with Crippen molar-refractivity contribution in [3.05, 3.63) is 33.8 Å². The Morgan fingerprint density at radius 2 is 2.04 bits per heavy atom. The van der Waals surface area contributed by atoms with Gasteiger partial charge in [-0.05, 0) is 65.2 Å². The fourth-order valence-electron chi connectivity index (χ4n) is 3.21. The van der Waals surface area contributed by atoms with Gasteiger partial charge in [0.25, 0.3) is 0 Å². The van der Waals surface area contributed by atoms with Crippen LogP contribution in [0.1, 0.15) is 59.1 Å². The van der Waals surface area contributed by atoms with Crippen LogP contribution in [0.2, 0.25) is 10.0 Å². The van der Waals surface area contributed by atoms with Crippen LogP contribution in [0.15, 0.2) is 18.2 Å². The molecule has 1 fully saturated rings. The molecule has 1 heterocycles. The molecule has 1 aliphatic heterocycles. The summed E-state index contributed by atoms with van der Waals surface area (Å²) in [5.74, 6) is 0. The monoisotopic (exact) mass is 386 g/mol. The molecule has 0 bridgehead atoms. The van der Waals surface area contributed by atoms with Gasteiger partial charge in [0.1, 0.15) is 5.60 Å². The van der Waals surface area contributed by atoms with E-state index in [1.165, 1.54) is 0 Å². The highest BCUT2D eigenvalue weighted by Gasteiger charge is 2.34. The first-order chi connectivity index (χ1) is 11.6. The number of ether oxygens (including phenoxy) is 1. The zero-order valence-corrected chi connectivity index (χ0v) is 17.1. The predicted octanol–water partition coefficient (Wildman–Crippen LogP) is 5.43. The Morgan fingerprint density at radius 3 is 2.64 bits per heavy atom. The topological polar surface area (TPSA) is 41.6 Å². The second kappa shape index (κ2) is 8.15. The minimum atomic E-state index is -0.485. The number of nitrogens with zero attached hydrogens (tertiary/aromatic N) is 1. The van der Waals surface area contributed by atoms with E-state index in [0.29, 0.717) is 10.0 Å². The van der Waals surface area contributed by atoms with Gasteiger partial charge in [-0.25, -0.2) is 4.79 Å². The van der Waals surface area contributed by atoms with Gasteiger partial charge in [0.2, 0.25) is 0 Å². The van der Waals surface area contributed by atoms with Crippen molar-refractivity contribution in [3.63, 3.8) is 0 Å². The first-order valence-electron chi connectivity index (χ1n) is 8.79. The Morgan fingerprint density at radius 1 is 1.36 bits per heavy atom. The quantitative estimate of drug-likeness (QED) is 0.752. The van der Waals surface area contributed by atoms with E-state index in [1.807, 2.05) is 37.8 Å². The molecule has 3 unspecified atom stereocenters. The van der Waals surface area contributed by atoms with Gasteiger partial charge in [-0.15, -0.1) is 0 Å². The maximum Gasteiger partial charge on any atom is 0.410 e. The van der Waals surface area contributed by atoms with Gasteiger partial charge in [-0.2, -0.15) is 0 Å². The summed E-state index contributed by atoms with van der Waals surface area (Å²) < 4.78 is 5.54. The standard InChI is InChI=1S/C19H28Cl2N2O2/c1-12(15-9-8-14(20)11-16(15)21)22-17-7-6-10-23(13(17)2)18(24)25-19(3,4)5/h8-9,11-13,17,22H,6-7,10H2,1-5H3. The molecule has 0 spiro atoms. The number of hydrogen-bond donors (Lipinski definition) is 1. The van der Waals surface area contributed by atoms with E-state index in [4.69, 9.17) is 27.9 Å². The number of rotatable bonds is 3. The average Bonchev–Trinajstić information content (AvgIpc) is 2.47. The first-order valence-corrected chi connectivity index (χ1v) is 9.54. The van der Waals surface area contributed by atoms with Gasteiger partial charge in [0.05, 0.1) is 0 Å². The highest BCUT2D eigenvalue weighted by atomic mass is 35.5. The predicted molar refractivity (Wildman–Crippen MR) is 103 cm³/mol. The molecule has 1 amide bonds. The van der Waals surface area contributed by atoms with Crippen molar-refractivity contribution in [3.8, 4) is 0 Å². The smallest absolute Gasteiger partial charge is 0.410 e. The molecule has 0 aromatic heterocycles. The Labute approximate surface area is 160 Å². The molecule has 6 heteroatoms. The Kier molecular flexibility index (Phi) is 6.63. The summed E-state index contributed by atoms with van der Waals surface area (Å²) in [5, 5.41) is 4.90. The van der Waals surface area contributed by atoms with E-state index in [2.05, 4.69) is 19.2 Å². The third kappa shape index (κ3) is 5.50. The minimum absolute atomic E-state index is 0.0529. The molecule has 1 aromatic carbocycles. The summed E-state index contributed by atoms with van der Waals surface area (Å²) in [7, 11) is 0. The Balaban J connectivity index is 2.05. The lowest BCUT2D eigenvalue weighted by atomic mass is 9.96. The van der Waals surface area contributed by atoms with Gasteiger partial charge in [-0.1, -0.05) is 29.3 Å². The number of amides is 1. The molecular formula is C19H28Cl2N2O2. The number of halogens is 2. The van der Waals surface area contributed by atoms with Crippen molar-refractivity contribution < 1.29 is 9.53 Å². The summed E-state index contributed by atoms with van der Waals surface area (Å²) >= 11 is 12.3. The van der Waals surface area contributed by atoms with Crippen LogP contribution < -0.4 is 5.32 Å². The third-order valence-electron chi connectivity index (χ3n) is 4.51. The number of hydrogen-bond acceptors (Lipinski definition) is 3. The summed E-state index contributed by atoms with van der Waals surface area (Å²) in [6.07, 6.45) is 1.71. The molecule has 3 atom stereocenters. The van der Waals surface area contributed by atoms with Crippen molar-refractivity contribution in [1.29, 1.82) is 0 Å². The largest absolute Gasteiger partial charge is 0.444 e. The van der Waals surface area contributed by atoms with Crippen LogP contribution >= 0.6 is 23.2 Å². The fraction of sp³-hybridized carbons (Fsp3) is 0.632. The molecular weight excluding hydrogens is 359 g/mol. The van der Waals surface area contributed by atoms with Gasteiger partial charge >= 0.3 is 6.09 Å². The van der Waals surface area contributed by atoms with Gasteiger partial charge in [0, 0.05) is 34.7 Å². The zero-order valence-electron chi connectivity index (χ0n) is 15.6. The van der Waals surface area contributed by atoms with Crippen LogP contribution in [0.3, 0.4) is 0 Å². The fourth-order valence-corrected chi connectivity index (χ4v) is 3.78. The Bertz CT molecular complexity index is 616. The van der Waals surface area contributed by atoms with Crippen LogP contribution in [0.25, 0.3) is 0 Å². The molecule has 1 aliphatic rings. The molecule has 0 radical (unpaired) electrons. The van der Waals surface area contributed by atoms with Crippen LogP contribution in [0.4, 0.5) is 4.79 Å². The summed E-state index contributed by atoms with van der Waals surface area (Å²) in [5.41, 5.74) is 0.522. The number of likely N-dealkylation sites (tertiary alicyclic amines) is 1. The summed E-state index contributed by atoms with van der Waals surface area (Å²) in [6, 6.07) is 5.85. The SMILES string of the molecule is CC(NC1CCCN(C(=O)OC(C)(C)C)C1C)c1ccc(Cl)cc1Cl. The minimum Gasteiger partial charge on any atom is -0.444 e. The molecule has 1 saturated heterocycles. The Hall–Kier alpha value is -0.970. The van der Waals surface area contributed by atoms with Gasteiger partial charge in [-0.3, -0.25) is 0 Å². The molecule has 1 N–H and O–H groups in total. The maximum absolute atomic E-state index is 12.5. The van der Waals surface area contributed by atoms with E-state index in [9.17, 15) is 4.79 Å². The van der Waals surface area contributed by atoms with E-state index in [1.54, 1.807) is 6.07 Å². The molecule has 25 heavy (non-hydrogen) atoms. The van der Waals surface area contributed by atoms with Crippen molar-refractivity contribution in [1.82, 2.24) is 10.2 Å². The van der Waals surface area contributed by atoms with E-state index < -0.39 is 5.60 Å². The van der Waals surface area contributed by atoms with Crippen LogP contribution in [0.5, 0.6) is 0 Å². The number of benzene rings is 1. The van der Waals surface area contributed by atoms with Crippen molar-refractivity contribution in [2.45, 2.75) is 71.2 Å². The van der Waals surface area contributed by atoms with E-state index >= 15 is 0 Å². The lowest BCUT2D eigenvalue weighted by Crippen LogP contribution is -2.55. The van der Waals surface area contributed by atoms with Crippen molar-refractivity contribution in [2.75, 3.05) is 6.54 Å². The van der Waals surface area contributed by atoms with Gasteiger partial charge < -0.3 is 15.0 Å². The van der Waals surface area contributed by atoms with Crippen LogP contribution in [-0.4, -0.2) is 35.2 Å². The second-order valence-corrected chi connectivity index (χ2v) is 8.56. The lowest BCUT2D eigenvalue weighted by molar-refractivity contribution is 0.00643. The van der Waals surface area contributed by atoms with Gasteiger partial charge in [0.15, 0.2) is 0 Å². The molecule has 2 rings (SSSR count). The first kappa shape index (κ1) is 20.3. The van der Waals surface area contributed by atoms with Crippen molar-refractivity contribution in [2.24, 2.45) is 0 Å². The highest BCUT2D eigenvalue weighted by Crippen LogP contribution is 2.28. The summed E-state index contributed by atoms with van der Waals surface area (Å²) in [6.45, 7) is 10.5. The molecule has 0 aliphatic carbocycles. The molecule has 1 aromatic rings. The van der Waals surface area contributed by atoms with E-state index in [-0.39, 0.29) is 24.2 Å². The number of carbonyl (C=O) groups excluding carboxylic acids is 1. The summed E-state index contributed by atoms with van der Waals surface area (Å²) in [4.78, 5) is 14.3. The second-order valence-electron chi connectivity index (χ2n) is 7.72. The molecule has 140 valence electrons. The number of nitrogens with one attached hydrogen (secondary N) is 1. The maximum atomic E-state index is 12.5. The van der Waals surface area contributed by atoms with Crippen LogP contribution in [0, 0.1) is 0 Å². The number of carbonyl (C=O) groups is 1. The number of piperidine rings is 1. The lowest BCUT2D eigenvalue weighted by Gasteiger charge is -2.41. The normalized spacial score (nSPS) is 22.6. The highest BCUT2D eigenvalue weighted by molar-refractivity contribution is 6.35. The third-order valence-corrected chi connectivity index (χ3v) is 5.07. The van der Waals surface area contributed by atoms with Crippen molar-refractivity contribution >= 4 is 29.3 Å².